The quantitative estimate of drug-likeness (QED) is 0.796. The number of halogens is 2. The van der Waals surface area contributed by atoms with Crippen molar-refractivity contribution in [1.82, 2.24) is 9.97 Å². The number of alkyl halides is 1. The van der Waals surface area contributed by atoms with Crippen LogP contribution in [0.1, 0.15) is 11.3 Å². The maximum absolute atomic E-state index is 13.1. The molecule has 18 heavy (non-hydrogen) atoms. The van der Waals surface area contributed by atoms with E-state index in [1.165, 1.54) is 12.3 Å². The molecule has 0 bridgehead atoms. The topological polar surface area (TPSA) is 29.0 Å². The van der Waals surface area contributed by atoms with Crippen molar-refractivity contribution in [3.05, 3.63) is 53.7 Å². The summed E-state index contributed by atoms with van der Waals surface area (Å²) >= 11 is 5.80. The smallest absolute Gasteiger partial charge is 0.141 e. The number of hydrogen-bond acceptors (Lipinski definition) is 3. The molecule has 2 aromatic rings. The van der Waals surface area contributed by atoms with Crippen LogP contribution >= 0.6 is 11.6 Å². The Labute approximate surface area is 110 Å². The number of rotatable bonds is 4. The maximum Gasteiger partial charge on any atom is 0.141 e. The summed E-state index contributed by atoms with van der Waals surface area (Å²) in [6, 6.07) is 7.13. The Hall–Kier alpha value is -1.68. The van der Waals surface area contributed by atoms with Gasteiger partial charge >= 0.3 is 0 Å². The third-order valence-electron chi connectivity index (χ3n) is 2.54. The second kappa shape index (κ2) is 5.78. The first-order valence-corrected chi connectivity index (χ1v) is 6.05. The molecule has 0 amide bonds. The predicted octanol–water partition coefficient (Wildman–Crippen LogP) is 2.99. The molecule has 2 heterocycles. The highest BCUT2D eigenvalue weighted by molar-refractivity contribution is 6.17. The van der Waals surface area contributed by atoms with Crippen LogP contribution in [-0.4, -0.2) is 17.0 Å². The second-order valence-corrected chi connectivity index (χ2v) is 4.21. The normalized spacial score (nSPS) is 10.4. The molecule has 0 saturated carbocycles. The van der Waals surface area contributed by atoms with Crippen molar-refractivity contribution < 1.29 is 4.39 Å². The summed E-state index contributed by atoms with van der Waals surface area (Å²) < 4.78 is 13.1. The van der Waals surface area contributed by atoms with Gasteiger partial charge in [-0.25, -0.2) is 9.37 Å². The zero-order valence-corrected chi connectivity index (χ0v) is 10.7. The molecule has 2 aromatic heterocycles. The molecule has 5 heteroatoms. The molecule has 0 atom stereocenters. The molecular formula is C13H13ClFN3. The minimum atomic E-state index is -0.374. The third kappa shape index (κ3) is 2.96. The van der Waals surface area contributed by atoms with Crippen LogP contribution in [0.2, 0.25) is 0 Å². The summed E-state index contributed by atoms with van der Waals surface area (Å²) in [5.41, 5.74) is 1.60. The van der Waals surface area contributed by atoms with Gasteiger partial charge in [0.2, 0.25) is 0 Å². The van der Waals surface area contributed by atoms with Crippen molar-refractivity contribution in [2.45, 2.75) is 12.4 Å². The van der Waals surface area contributed by atoms with Crippen LogP contribution in [0.3, 0.4) is 0 Å². The molecule has 0 saturated heterocycles. The Morgan fingerprint density at radius 2 is 2.17 bits per heavy atom. The molecule has 0 aliphatic heterocycles. The molecule has 0 unspecified atom stereocenters. The van der Waals surface area contributed by atoms with Gasteiger partial charge in [-0.15, -0.1) is 11.6 Å². The predicted molar refractivity (Wildman–Crippen MR) is 70.1 cm³/mol. The highest BCUT2D eigenvalue weighted by Crippen LogP contribution is 2.20. The van der Waals surface area contributed by atoms with Crippen molar-refractivity contribution in [1.29, 1.82) is 0 Å². The summed E-state index contributed by atoms with van der Waals surface area (Å²) in [6.07, 6.45) is 2.93. The summed E-state index contributed by atoms with van der Waals surface area (Å²) in [6.45, 7) is 0.601. The van der Waals surface area contributed by atoms with Crippen molar-refractivity contribution in [3.8, 4) is 0 Å². The summed E-state index contributed by atoms with van der Waals surface area (Å²) in [5.74, 6) is 0.532. The standard InChI is InChI=1S/C13H13ClFN3/c1-18(9-12-4-2-3-5-16-12)13-10(7-14)6-11(15)8-17-13/h2-6,8H,7,9H2,1H3. The fraction of sp³-hybridized carbons (Fsp3) is 0.231. The highest BCUT2D eigenvalue weighted by atomic mass is 35.5. The molecule has 0 aliphatic rings. The van der Waals surface area contributed by atoms with Crippen LogP contribution in [0.4, 0.5) is 10.2 Å². The van der Waals surface area contributed by atoms with E-state index < -0.39 is 0 Å². The van der Waals surface area contributed by atoms with Gasteiger partial charge in [0.05, 0.1) is 24.3 Å². The fourth-order valence-corrected chi connectivity index (χ4v) is 1.92. The van der Waals surface area contributed by atoms with Gasteiger partial charge in [0.1, 0.15) is 11.6 Å². The Bertz CT molecular complexity index is 519. The summed E-state index contributed by atoms with van der Waals surface area (Å²) in [4.78, 5) is 10.2. The minimum absolute atomic E-state index is 0.229. The Kier molecular flexibility index (Phi) is 4.10. The van der Waals surface area contributed by atoms with E-state index in [1.54, 1.807) is 6.20 Å². The molecule has 94 valence electrons. The lowest BCUT2D eigenvalue weighted by Crippen LogP contribution is -2.20. The number of aromatic nitrogens is 2. The van der Waals surface area contributed by atoms with Gasteiger partial charge in [-0.3, -0.25) is 4.98 Å². The first-order valence-electron chi connectivity index (χ1n) is 5.52. The third-order valence-corrected chi connectivity index (χ3v) is 2.83. The van der Waals surface area contributed by atoms with Crippen molar-refractivity contribution in [2.75, 3.05) is 11.9 Å². The van der Waals surface area contributed by atoms with E-state index in [-0.39, 0.29) is 11.7 Å². The van der Waals surface area contributed by atoms with Gasteiger partial charge in [-0.2, -0.15) is 0 Å². The van der Waals surface area contributed by atoms with Crippen LogP contribution in [0.5, 0.6) is 0 Å². The average molecular weight is 266 g/mol. The lowest BCUT2D eigenvalue weighted by atomic mass is 10.2. The molecule has 0 aromatic carbocycles. The minimum Gasteiger partial charge on any atom is -0.354 e. The number of hydrogen-bond donors (Lipinski definition) is 0. The molecule has 0 aliphatic carbocycles. The van der Waals surface area contributed by atoms with E-state index in [4.69, 9.17) is 11.6 Å². The maximum atomic E-state index is 13.1. The SMILES string of the molecule is CN(Cc1ccccn1)c1ncc(F)cc1CCl. The van der Waals surface area contributed by atoms with Crippen molar-refractivity contribution in [3.63, 3.8) is 0 Å². The number of anilines is 1. The molecule has 0 radical (unpaired) electrons. The van der Waals surface area contributed by atoms with Crippen LogP contribution in [0, 0.1) is 5.82 Å². The van der Waals surface area contributed by atoms with E-state index >= 15 is 0 Å². The molecule has 2 rings (SSSR count). The molecule has 0 N–H and O–H groups in total. The second-order valence-electron chi connectivity index (χ2n) is 3.95. The van der Waals surface area contributed by atoms with Crippen LogP contribution in [-0.2, 0) is 12.4 Å². The Morgan fingerprint density at radius 3 is 2.83 bits per heavy atom. The zero-order valence-electron chi connectivity index (χ0n) is 9.98. The zero-order chi connectivity index (χ0) is 13.0. The van der Waals surface area contributed by atoms with Crippen molar-refractivity contribution >= 4 is 17.4 Å². The largest absolute Gasteiger partial charge is 0.354 e. The highest BCUT2D eigenvalue weighted by Gasteiger charge is 2.10. The van der Waals surface area contributed by atoms with E-state index in [0.29, 0.717) is 17.9 Å². The monoisotopic (exact) mass is 265 g/mol. The molecule has 0 spiro atoms. The van der Waals surface area contributed by atoms with Gasteiger partial charge in [-0.05, 0) is 18.2 Å². The molecular weight excluding hydrogens is 253 g/mol. The van der Waals surface area contributed by atoms with Crippen molar-refractivity contribution in [2.24, 2.45) is 0 Å². The number of pyridine rings is 2. The van der Waals surface area contributed by atoms with E-state index in [1.807, 2.05) is 30.1 Å². The lowest BCUT2D eigenvalue weighted by molar-refractivity contribution is 0.619. The van der Waals surface area contributed by atoms with Gasteiger partial charge in [-0.1, -0.05) is 6.07 Å². The van der Waals surface area contributed by atoms with Gasteiger partial charge < -0.3 is 4.90 Å². The first kappa shape index (κ1) is 12.8. The molecule has 3 nitrogen and oxygen atoms in total. The Morgan fingerprint density at radius 1 is 1.33 bits per heavy atom. The van der Waals surface area contributed by atoms with Gasteiger partial charge in [0.25, 0.3) is 0 Å². The first-order chi connectivity index (χ1) is 8.70. The summed E-state index contributed by atoms with van der Waals surface area (Å²) in [7, 11) is 1.88. The molecule has 0 fully saturated rings. The summed E-state index contributed by atoms with van der Waals surface area (Å²) in [5, 5.41) is 0. The number of nitrogens with zero attached hydrogens (tertiary/aromatic N) is 3. The van der Waals surface area contributed by atoms with E-state index in [2.05, 4.69) is 9.97 Å². The van der Waals surface area contributed by atoms with Crippen LogP contribution in [0.25, 0.3) is 0 Å². The van der Waals surface area contributed by atoms with E-state index in [9.17, 15) is 4.39 Å². The van der Waals surface area contributed by atoms with Gasteiger partial charge in [0.15, 0.2) is 0 Å². The Balaban J connectivity index is 2.21. The van der Waals surface area contributed by atoms with Crippen LogP contribution < -0.4 is 4.90 Å². The van der Waals surface area contributed by atoms with Gasteiger partial charge in [0, 0.05) is 18.8 Å². The average Bonchev–Trinajstić information content (AvgIpc) is 2.39. The van der Waals surface area contributed by atoms with E-state index in [0.717, 1.165) is 5.69 Å². The lowest BCUT2D eigenvalue weighted by Gasteiger charge is -2.20. The fourth-order valence-electron chi connectivity index (χ4n) is 1.73. The van der Waals surface area contributed by atoms with Crippen LogP contribution in [0.15, 0.2) is 36.7 Å².